The summed E-state index contributed by atoms with van der Waals surface area (Å²) in [4.78, 5) is 42.7. The average Bonchev–Trinajstić information content (AvgIpc) is 2.85. The number of hydrogen-bond acceptors (Lipinski definition) is 10. The molecule has 3 aliphatic rings. The number of phenols is 1. The minimum Gasteiger partial charge on any atom is -0.508 e. The van der Waals surface area contributed by atoms with Gasteiger partial charge in [-0.2, -0.15) is 0 Å². The number of carbonyl (C=O) groups excluding carboxylic acids is 3. The number of nitrogens with two attached hydrogens (primary N) is 1. The summed E-state index contributed by atoms with van der Waals surface area (Å²) in [5, 5.41) is 54.9. The van der Waals surface area contributed by atoms with Gasteiger partial charge in [-0.25, -0.2) is 0 Å². The van der Waals surface area contributed by atoms with Crippen molar-refractivity contribution in [3.05, 3.63) is 39.7 Å². The number of primary amides is 1. The highest BCUT2D eigenvalue weighted by atomic mass is 16.3. The first-order valence-electron chi connectivity index (χ1n) is 13.5. The molecule has 0 aromatic heterocycles. The second-order valence-electron chi connectivity index (χ2n) is 11.8. The Kier molecular flexibility index (Phi) is 7.78. The van der Waals surface area contributed by atoms with Crippen LogP contribution in [0.25, 0.3) is 5.76 Å². The fourth-order valence-electron chi connectivity index (χ4n) is 6.70. The number of phenolic OH excluding ortho intramolecular Hbond substituents is 1. The number of fused-ring (bicyclic) bond motifs is 3. The van der Waals surface area contributed by atoms with E-state index in [2.05, 4.69) is 0 Å². The number of benzene rings is 1. The number of amides is 1. The smallest absolute Gasteiger partial charge is 0.255 e. The van der Waals surface area contributed by atoms with Crippen LogP contribution in [0.1, 0.15) is 42.9 Å². The summed E-state index contributed by atoms with van der Waals surface area (Å²) in [5.74, 6) is -6.40. The lowest BCUT2D eigenvalue weighted by atomic mass is 9.57. The molecule has 0 heterocycles. The molecular weight excluding hydrogens is 518 g/mol. The molecule has 0 spiro atoms. The van der Waals surface area contributed by atoms with Crippen LogP contribution < -0.4 is 10.6 Å². The van der Waals surface area contributed by atoms with Crippen LogP contribution in [0, 0.1) is 17.8 Å². The van der Waals surface area contributed by atoms with Gasteiger partial charge in [0, 0.05) is 37.9 Å². The van der Waals surface area contributed by atoms with E-state index in [9.17, 15) is 39.9 Å². The molecule has 0 saturated heterocycles. The standard InChI is InChI=1S/C29H39N3O8/c1-13(8-9-33)6-7-14-12-18(31(2)3)16-10-15-11-17-22(32(4)5)25(36)21(28(30)39)27(38)29(17,40)26(37)19(15)24(35)20(16)23(14)34/h12-13,15,17,22,33-35,38,40H,6-11H2,1-5H3,(H2,30,39). The zero-order valence-corrected chi connectivity index (χ0v) is 23.6. The van der Waals surface area contributed by atoms with Gasteiger partial charge in [0.05, 0.1) is 11.6 Å². The van der Waals surface area contributed by atoms with Gasteiger partial charge in [-0.3, -0.25) is 19.3 Å². The summed E-state index contributed by atoms with van der Waals surface area (Å²) in [5.41, 5.74) is 3.74. The molecular formula is C29H39N3O8. The number of Topliss-reactive ketones (excluding diaryl/α,β-unsaturated/α-hetero) is 2. The quantitative estimate of drug-likeness (QED) is 0.252. The second kappa shape index (κ2) is 10.5. The van der Waals surface area contributed by atoms with Gasteiger partial charge in [0.1, 0.15) is 22.8 Å². The Morgan fingerprint density at radius 2 is 1.80 bits per heavy atom. The molecule has 1 amide bonds. The lowest BCUT2D eigenvalue weighted by Gasteiger charge is -2.50. The Bertz CT molecular complexity index is 1330. The van der Waals surface area contributed by atoms with E-state index in [-0.39, 0.29) is 42.3 Å². The van der Waals surface area contributed by atoms with Crippen molar-refractivity contribution in [2.45, 2.75) is 50.7 Å². The zero-order chi connectivity index (χ0) is 29.8. The number of anilines is 1. The summed E-state index contributed by atoms with van der Waals surface area (Å²) < 4.78 is 0. The molecule has 4 rings (SSSR count). The molecule has 0 aliphatic heterocycles. The lowest BCUT2D eigenvalue weighted by molar-refractivity contribution is -0.153. The summed E-state index contributed by atoms with van der Waals surface area (Å²) in [6, 6.07) is 0.738. The monoisotopic (exact) mass is 557 g/mol. The van der Waals surface area contributed by atoms with Crippen molar-refractivity contribution in [1.29, 1.82) is 0 Å². The first-order chi connectivity index (χ1) is 18.7. The number of rotatable bonds is 8. The van der Waals surface area contributed by atoms with Crippen LogP contribution >= 0.6 is 0 Å². The van der Waals surface area contributed by atoms with Crippen LogP contribution in [-0.2, 0) is 27.2 Å². The van der Waals surface area contributed by atoms with Crippen molar-refractivity contribution in [1.82, 2.24) is 4.90 Å². The van der Waals surface area contributed by atoms with Gasteiger partial charge >= 0.3 is 0 Å². The molecule has 7 N–H and O–H groups in total. The Balaban J connectivity index is 1.91. The number of likely N-dealkylation sites (N-methyl/N-ethyl adjacent to an activating group) is 1. The van der Waals surface area contributed by atoms with Crippen LogP contribution in [0.5, 0.6) is 5.75 Å². The van der Waals surface area contributed by atoms with E-state index in [0.717, 1.165) is 5.69 Å². The highest BCUT2D eigenvalue weighted by Gasteiger charge is 2.64. The van der Waals surface area contributed by atoms with E-state index in [1.165, 1.54) is 4.90 Å². The van der Waals surface area contributed by atoms with E-state index in [1.54, 1.807) is 14.1 Å². The second-order valence-corrected chi connectivity index (χ2v) is 11.8. The maximum Gasteiger partial charge on any atom is 0.255 e. The van der Waals surface area contributed by atoms with Crippen molar-refractivity contribution in [2.24, 2.45) is 23.5 Å². The Morgan fingerprint density at radius 1 is 1.15 bits per heavy atom. The Morgan fingerprint density at radius 3 is 2.35 bits per heavy atom. The zero-order valence-electron chi connectivity index (χ0n) is 23.6. The minimum atomic E-state index is -2.66. The SMILES string of the molecule is CC(CCO)CCc1cc(N(C)C)c2c(c1O)C(O)=C1C(=O)C3(O)C(O)=C(C(N)=O)C(=O)C(N(C)C)C3CC1C2. The van der Waals surface area contributed by atoms with Crippen LogP contribution in [0.3, 0.4) is 0 Å². The van der Waals surface area contributed by atoms with Crippen LogP contribution in [0.2, 0.25) is 0 Å². The van der Waals surface area contributed by atoms with Crippen LogP contribution in [0.4, 0.5) is 5.69 Å². The highest BCUT2D eigenvalue weighted by Crippen LogP contribution is 2.54. The minimum absolute atomic E-state index is 0.0415. The molecule has 1 fully saturated rings. The maximum absolute atomic E-state index is 14.0. The molecule has 0 radical (unpaired) electrons. The van der Waals surface area contributed by atoms with Gasteiger partial charge < -0.3 is 36.2 Å². The number of nitrogens with zero attached hydrogens (tertiary/aromatic N) is 2. The molecule has 5 atom stereocenters. The highest BCUT2D eigenvalue weighted by molar-refractivity contribution is 6.24. The number of aryl methyl sites for hydroxylation is 1. The summed E-state index contributed by atoms with van der Waals surface area (Å²) >= 11 is 0. The van der Waals surface area contributed by atoms with Gasteiger partial charge in [0.25, 0.3) is 5.91 Å². The van der Waals surface area contributed by atoms with Crippen LogP contribution in [0.15, 0.2) is 23.0 Å². The van der Waals surface area contributed by atoms with Crippen LogP contribution in [-0.4, -0.2) is 94.3 Å². The maximum atomic E-state index is 14.0. The molecule has 0 bridgehead atoms. The number of ketones is 2. The number of aliphatic hydroxyl groups excluding tert-OH is 3. The largest absolute Gasteiger partial charge is 0.508 e. The number of hydrogen-bond donors (Lipinski definition) is 6. The number of aliphatic hydroxyl groups is 4. The molecule has 5 unspecified atom stereocenters. The van der Waals surface area contributed by atoms with Gasteiger partial charge in [-0.1, -0.05) is 6.92 Å². The average molecular weight is 558 g/mol. The molecule has 40 heavy (non-hydrogen) atoms. The first-order valence-corrected chi connectivity index (χ1v) is 13.5. The van der Waals surface area contributed by atoms with Gasteiger partial charge in [0.2, 0.25) is 5.78 Å². The molecule has 1 saturated carbocycles. The normalized spacial score (nSPS) is 26.9. The predicted octanol–water partition coefficient (Wildman–Crippen LogP) is 0.981. The van der Waals surface area contributed by atoms with E-state index in [0.29, 0.717) is 30.4 Å². The summed E-state index contributed by atoms with van der Waals surface area (Å²) in [6.07, 6.45) is 2.02. The fraction of sp³-hybridized carbons (Fsp3) is 0.552. The third-order valence-electron chi connectivity index (χ3n) is 8.79. The van der Waals surface area contributed by atoms with Gasteiger partial charge in [0.15, 0.2) is 11.4 Å². The van der Waals surface area contributed by atoms with Crippen molar-refractivity contribution >= 4 is 28.9 Å². The Labute approximate surface area is 233 Å². The van der Waals surface area contributed by atoms with Crippen molar-refractivity contribution < 1.29 is 39.9 Å². The van der Waals surface area contributed by atoms with E-state index in [1.807, 2.05) is 32.0 Å². The summed E-state index contributed by atoms with van der Waals surface area (Å²) in [7, 11) is 6.81. The van der Waals surface area contributed by atoms with E-state index in [4.69, 9.17) is 5.73 Å². The molecule has 218 valence electrons. The molecule has 11 heteroatoms. The van der Waals surface area contributed by atoms with Crippen molar-refractivity contribution in [3.8, 4) is 5.75 Å². The van der Waals surface area contributed by atoms with Gasteiger partial charge in [-0.05, 0) is 75.2 Å². The van der Waals surface area contributed by atoms with E-state index >= 15 is 0 Å². The Hall–Kier alpha value is -3.41. The third kappa shape index (κ3) is 4.36. The van der Waals surface area contributed by atoms with E-state index < -0.39 is 58.0 Å². The molecule has 3 aliphatic carbocycles. The number of carbonyl (C=O) groups is 3. The first kappa shape index (κ1) is 29.6. The molecule has 1 aromatic carbocycles. The molecule has 1 aromatic rings. The molecule has 11 nitrogen and oxygen atoms in total. The number of aromatic hydroxyl groups is 1. The van der Waals surface area contributed by atoms with Crippen molar-refractivity contribution in [3.63, 3.8) is 0 Å². The lowest BCUT2D eigenvalue weighted by Crippen LogP contribution is -2.65. The third-order valence-corrected chi connectivity index (χ3v) is 8.79. The topological polar surface area (TPSA) is 185 Å². The fourth-order valence-corrected chi connectivity index (χ4v) is 6.70. The summed E-state index contributed by atoms with van der Waals surface area (Å²) in [6.45, 7) is 2.05. The predicted molar refractivity (Wildman–Crippen MR) is 148 cm³/mol. The van der Waals surface area contributed by atoms with Gasteiger partial charge in [-0.15, -0.1) is 0 Å². The van der Waals surface area contributed by atoms with Crippen molar-refractivity contribution in [2.75, 3.05) is 39.7 Å².